The Hall–Kier alpha value is -1.10. The topological polar surface area (TPSA) is 69.6 Å². The molecule has 98 valence electrons. The minimum absolute atomic E-state index is 0.107. The number of hydrogen-bond acceptors (Lipinski definition) is 3. The molecule has 5 nitrogen and oxygen atoms in total. The lowest BCUT2D eigenvalue weighted by Crippen LogP contribution is -2.52. The van der Waals surface area contributed by atoms with E-state index in [-0.39, 0.29) is 17.9 Å². The zero-order valence-corrected chi connectivity index (χ0v) is 11.0. The van der Waals surface area contributed by atoms with Crippen LogP contribution in [0.25, 0.3) is 0 Å². The van der Waals surface area contributed by atoms with Gasteiger partial charge in [-0.15, -0.1) is 0 Å². The summed E-state index contributed by atoms with van der Waals surface area (Å²) in [5, 5.41) is 11.9. The Balaban J connectivity index is 2.89. The van der Waals surface area contributed by atoms with E-state index in [1.165, 1.54) is 0 Å². The lowest BCUT2D eigenvalue weighted by atomic mass is 10.0. The normalized spacial score (nSPS) is 26.8. The van der Waals surface area contributed by atoms with Crippen LogP contribution in [0.1, 0.15) is 34.1 Å². The van der Waals surface area contributed by atoms with Gasteiger partial charge < -0.3 is 15.3 Å². The van der Waals surface area contributed by atoms with Crippen molar-refractivity contribution in [2.45, 2.75) is 45.7 Å². The smallest absolute Gasteiger partial charge is 0.305 e. The monoisotopic (exact) mass is 242 g/mol. The largest absolute Gasteiger partial charge is 0.481 e. The molecular formula is C12H22N2O3. The Morgan fingerprint density at radius 3 is 2.59 bits per heavy atom. The van der Waals surface area contributed by atoms with E-state index in [1.807, 2.05) is 20.8 Å². The molecular weight excluding hydrogens is 220 g/mol. The van der Waals surface area contributed by atoms with Crippen LogP contribution in [0.5, 0.6) is 0 Å². The summed E-state index contributed by atoms with van der Waals surface area (Å²) in [5.41, 5.74) is -0.270. The molecule has 0 aromatic rings. The van der Waals surface area contributed by atoms with Crippen molar-refractivity contribution in [1.82, 2.24) is 10.2 Å². The van der Waals surface area contributed by atoms with Gasteiger partial charge in [0.05, 0.1) is 12.5 Å². The Bertz CT molecular complexity index is 309. The van der Waals surface area contributed by atoms with Gasteiger partial charge in [-0.3, -0.25) is 9.59 Å². The standard InChI is InChI=1S/C12H22N2O3/c1-8-6-13-9(5-10(15)16)11(17)14(7-8)12(2,3)4/h8-9,13H,5-7H2,1-4H3,(H,15,16). The molecule has 1 amide bonds. The van der Waals surface area contributed by atoms with Crippen LogP contribution >= 0.6 is 0 Å². The SMILES string of the molecule is CC1CNC(CC(=O)O)C(=O)N(C(C)(C)C)C1. The quantitative estimate of drug-likeness (QED) is 0.747. The maximum atomic E-state index is 12.3. The average molecular weight is 242 g/mol. The molecule has 5 heteroatoms. The highest BCUT2D eigenvalue weighted by Crippen LogP contribution is 2.20. The predicted molar refractivity (Wildman–Crippen MR) is 64.7 cm³/mol. The fourth-order valence-electron chi connectivity index (χ4n) is 2.02. The number of amides is 1. The second kappa shape index (κ2) is 5.04. The van der Waals surface area contributed by atoms with Crippen molar-refractivity contribution < 1.29 is 14.7 Å². The van der Waals surface area contributed by atoms with Crippen molar-refractivity contribution >= 4 is 11.9 Å². The van der Waals surface area contributed by atoms with Crippen molar-refractivity contribution in [3.8, 4) is 0 Å². The van der Waals surface area contributed by atoms with E-state index in [2.05, 4.69) is 12.2 Å². The molecule has 2 unspecified atom stereocenters. The first kappa shape index (κ1) is 14.0. The first-order valence-electron chi connectivity index (χ1n) is 5.98. The number of rotatable bonds is 2. The Kier molecular flexibility index (Phi) is 4.14. The van der Waals surface area contributed by atoms with E-state index < -0.39 is 12.0 Å². The lowest BCUT2D eigenvalue weighted by molar-refractivity contribution is -0.144. The second-order valence-electron chi connectivity index (χ2n) is 5.78. The molecule has 2 atom stereocenters. The molecule has 0 radical (unpaired) electrons. The molecule has 1 aliphatic heterocycles. The Morgan fingerprint density at radius 2 is 2.12 bits per heavy atom. The zero-order chi connectivity index (χ0) is 13.2. The number of carboxylic acids is 1. The third-order valence-electron chi connectivity index (χ3n) is 2.96. The van der Waals surface area contributed by atoms with Crippen LogP contribution in [0.15, 0.2) is 0 Å². The fourth-order valence-corrected chi connectivity index (χ4v) is 2.02. The molecule has 1 heterocycles. The maximum Gasteiger partial charge on any atom is 0.305 e. The third-order valence-corrected chi connectivity index (χ3v) is 2.96. The van der Waals surface area contributed by atoms with Gasteiger partial charge in [-0.25, -0.2) is 0 Å². The van der Waals surface area contributed by atoms with Crippen molar-refractivity contribution in [3.05, 3.63) is 0 Å². The zero-order valence-electron chi connectivity index (χ0n) is 11.0. The summed E-state index contributed by atoms with van der Waals surface area (Å²) in [6.45, 7) is 9.33. The first-order valence-corrected chi connectivity index (χ1v) is 5.98. The molecule has 1 saturated heterocycles. The summed E-state index contributed by atoms with van der Waals surface area (Å²) in [4.78, 5) is 24.8. The van der Waals surface area contributed by atoms with Crippen LogP contribution in [-0.2, 0) is 9.59 Å². The van der Waals surface area contributed by atoms with Gasteiger partial charge in [-0.1, -0.05) is 6.92 Å². The van der Waals surface area contributed by atoms with Crippen molar-refractivity contribution in [3.63, 3.8) is 0 Å². The molecule has 0 bridgehead atoms. The van der Waals surface area contributed by atoms with Gasteiger partial charge in [0, 0.05) is 18.6 Å². The number of aliphatic carboxylic acids is 1. The number of carboxylic acid groups (broad SMARTS) is 1. The van der Waals surface area contributed by atoms with E-state index in [0.29, 0.717) is 19.0 Å². The molecule has 1 rings (SSSR count). The molecule has 0 saturated carbocycles. The maximum absolute atomic E-state index is 12.3. The van der Waals surface area contributed by atoms with Gasteiger partial charge in [-0.2, -0.15) is 0 Å². The predicted octanol–water partition coefficient (Wildman–Crippen LogP) is 0.696. The molecule has 1 aliphatic rings. The molecule has 17 heavy (non-hydrogen) atoms. The minimum atomic E-state index is -0.945. The van der Waals surface area contributed by atoms with Gasteiger partial charge in [-0.05, 0) is 26.7 Å². The van der Waals surface area contributed by atoms with Crippen LogP contribution in [0, 0.1) is 5.92 Å². The Morgan fingerprint density at radius 1 is 1.53 bits per heavy atom. The van der Waals surface area contributed by atoms with Gasteiger partial charge in [0.15, 0.2) is 0 Å². The van der Waals surface area contributed by atoms with E-state index in [9.17, 15) is 9.59 Å². The number of nitrogens with zero attached hydrogens (tertiary/aromatic N) is 1. The van der Waals surface area contributed by atoms with Crippen LogP contribution in [0.3, 0.4) is 0 Å². The minimum Gasteiger partial charge on any atom is -0.481 e. The second-order valence-corrected chi connectivity index (χ2v) is 5.78. The van der Waals surface area contributed by atoms with Gasteiger partial charge in [0.1, 0.15) is 0 Å². The molecule has 0 aliphatic carbocycles. The summed E-state index contributed by atoms with van der Waals surface area (Å²) < 4.78 is 0. The molecule has 0 spiro atoms. The molecule has 0 aromatic heterocycles. The van der Waals surface area contributed by atoms with Gasteiger partial charge >= 0.3 is 5.97 Å². The first-order chi connectivity index (χ1) is 7.71. The fraction of sp³-hybridized carbons (Fsp3) is 0.833. The summed E-state index contributed by atoms with van der Waals surface area (Å²) in [5.74, 6) is -0.722. The lowest BCUT2D eigenvalue weighted by Gasteiger charge is -2.37. The summed E-state index contributed by atoms with van der Waals surface area (Å²) in [7, 11) is 0. The summed E-state index contributed by atoms with van der Waals surface area (Å²) >= 11 is 0. The Labute approximate surface area is 102 Å². The highest BCUT2D eigenvalue weighted by Gasteiger charge is 2.36. The van der Waals surface area contributed by atoms with Crippen LogP contribution in [0.2, 0.25) is 0 Å². The summed E-state index contributed by atoms with van der Waals surface area (Å²) in [6.07, 6.45) is -0.155. The molecule has 2 N–H and O–H groups in total. The highest BCUT2D eigenvalue weighted by atomic mass is 16.4. The van der Waals surface area contributed by atoms with Gasteiger partial charge in [0.25, 0.3) is 0 Å². The van der Waals surface area contributed by atoms with Crippen LogP contribution in [-0.4, -0.2) is 46.6 Å². The summed E-state index contributed by atoms with van der Waals surface area (Å²) in [6, 6.07) is -0.600. The number of carbonyl (C=O) groups excluding carboxylic acids is 1. The number of hydrogen-bond donors (Lipinski definition) is 2. The van der Waals surface area contributed by atoms with Crippen molar-refractivity contribution in [1.29, 1.82) is 0 Å². The highest BCUT2D eigenvalue weighted by molar-refractivity contribution is 5.87. The van der Waals surface area contributed by atoms with Crippen LogP contribution < -0.4 is 5.32 Å². The van der Waals surface area contributed by atoms with Crippen molar-refractivity contribution in [2.75, 3.05) is 13.1 Å². The van der Waals surface area contributed by atoms with E-state index in [1.54, 1.807) is 4.90 Å². The van der Waals surface area contributed by atoms with E-state index in [0.717, 1.165) is 0 Å². The van der Waals surface area contributed by atoms with E-state index >= 15 is 0 Å². The van der Waals surface area contributed by atoms with Crippen molar-refractivity contribution in [2.24, 2.45) is 5.92 Å². The number of nitrogens with one attached hydrogen (secondary N) is 1. The molecule has 0 aromatic carbocycles. The van der Waals surface area contributed by atoms with Crippen LogP contribution in [0.4, 0.5) is 0 Å². The van der Waals surface area contributed by atoms with Gasteiger partial charge in [0.2, 0.25) is 5.91 Å². The number of carbonyl (C=O) groups is 2. The molecule has 1 fully saturated rings. The average Bonchev–Trinajstić information content (AvgIpc) is 2.29. The van der Waals surface area contributed by atoms with E-state index in [4.69, 9.17) is 5.11 Å². The third kappa shape index (κ3) is 3.70.